The van der Waals surface area contributed by atoms with Crippen LogP contribution in [0.5, 0.6) is 0 Å². The standard InChI is InChI=1S/C38H58N2/c1-4-6-8-9-10-11-12-13-14-15-16-17-24-29-36(37-39-30-32-40(37)31-7-5-2)38(3,35-27-22-19-23-28-35)33-34-25-20-18-21-26-34/h18-23,25-28,30,32,36H,4-17,24,29,31,33H2,1-3H3. The maximum Gasteiger partial charge on any atom is 0.112 e. The maximum absolute atomic E-state index is 5.05. The minimum absolute atomic E-state index is 0.0188. The van der Waals surface area contributed by atoms with Crippen molar-refractivity contribution in [3.63, 3.8) is 0 Å². The van der Waals surface area contributed by atoms with Crippen molar-refractivity contribution in [1.29, 1.82) is 0 Å². The number of unbranched alkanes of at least 4 members (excludes halogenated alkanes) is 13. The number of aromatic nitrogens is 2. The molecule has 2 nitrogen and oxygen atoms in total. The van der Waals surface area contributed by atoms with Gasteiger partial charge in [-0.1, -0.05) is 171 Å². The summed E-state index contributed by atoms with van der Waals surface area (Å²) in [5.74, 6) is 1.67. The molecule has 0 spiro atoms. The molecule has 0 saturated carbocycles. The van der Waals surface area contributed by atoms with Crippen molar-refractivity contribution >= 4 is 0 Å². The second kappa shape index (κ2) is 18.9. The Balaban J connectivity index is 1.63. The lowest BCUT2D eigenvalue weighted by Gasteiger charge is -2.39. The third-order valence-electron chi connectivity index (χ3n) is 9.02. The second-order valence-electron chi connectivity index (χ2n) is 12.4. The van der Waals surface area contributed by atoms with E-state index in [2.05, 4.69) is 92.2 Å². The maximum atomic E-state index is 5.05. The van der Waals surface area contributed by atoms with Crippen molar-refractivity contribution < 1.29 is 0 Å². The summed E-state index contributed by atoms with van der Waals surface area (Å²) in [6.45, 7) is 8.15. The molecule has 0 saturated heterocycles. The average Bonchev–Trinajstić information content (AvgIpc) is 3.45. The summed E-state index contributed by atoms with van der Waals surface area (Å²) < 4.78 is 2.46. The Morgan fingerprint density at radius 3 is 1.75 bits per heavy atom. The Labute approximate surface area is 247 Å². The van der Waals surface area contributed by atoms with Crippen LogP contribution in [0.15, 0.2) is 73.1 Å². The summed E-state index contributed by atoms with van der Waals surface area (Å²) in [6, 6.07) is 22.4. The fraction of sp³-hybridized carbons (Fsp3) is 0.605. The van der Waals surface area contributed by atoms with Gasteiger partial charge in [0.1, 0.15) is 5.82 Å². The molecule has 2 atom stereocenters. The highest BCUT2D eigenvalue weighted by Crippen LogP contribution is 2.44. The summed E-state index contributed by atoms with van der Waals surface area (Å²) in [6.07, 6.45) is 27.1. The fourth-order valence-corrected chi connectivity index (χ4v) is 6.51. The molecule has 3 aromatic rings. The molecule has 1 heterocycles. The van der Waals surface area contributed by atoms with Gasteiger partial charge >= 0.3 is 0 Å². The number of imidazole rings is 1. The van der Waals surface area contributed by atoms with Crippen molar-refractivity contribution in [1.82, 2.24) is 9.55 Å². The van der Waals surface area contributed by atoms with Gasteiger partial charge in [-0.2, -0.15) is 0 Å². The highest BCUT2D eigenvalue weighted by atomic mass is 15.1. The molecule has 2 heteroatoms. The molecule has 0 aliphatic heterocycles. The molecule has 40 heavy (non-hydrogen) atoms. The Kier molecular flexibility index (Phi) is 15.2. The van der Waals surface area contributed by atoms with Crippen molar-refractivity contribution in [2.45, 2.75) is 148 Å². The first-order valence-electron chi connectivity index (χ1n) is 16.8. The third kappa shape index (κ3) is 10.6. The van der Waals surface area contributed by atoms with Crippen LogP contribution >= 0.6 is 0 Å². The minimum atomic E-state index is -0.0188. The monoisotopic (exact) mass is 542 g/mol. The molecule has 0 radical (unpaired) electrons. The van der Waals surface area contributed by atoms with Crippen molar-refractivity contribution in [2.24, 2.45) is 0 Å². The summed E-state index contributed by atoms with van der Waals surface area (Å²) in [7, 11) is 0. The average molecular weight is 543 g/mol. The van der Waals surface area contributed by atoms with Gasteiger partial charge in [0.05, 0.1) is 0 Å². The van der Waals surface area contributed by atoms with Crippen LogP contribution in [0.25, 0.3) is 0 Å². The predicted molar refractivity (Wildman–Crippen MR) is 174 cm³/mol. The molecule has 220 valence electrons. The van der Waals surface area contributed by atoms with Gasteiger partial charge in [0.15, 0.2) is 0 Å². The topological polar surface area (TPSA) is 17.8 Å². The van der Waals surface area contributed by atoms with Crippen molar-refractivity contribution in [3.05, 3.63) is 90.0 Å². The summed E-state index contributed by atoms with van der Waals surface area (Å²) in [4.78, 5) is 5.05. The third-order valence-corrected chi connectivity index (χ3v) is 9.02. The van der Waals surface area contributed by atoms with Gasteiger partial charge in [0.25, 0.3) is 0 Å². The van der Waals surface area contributed by atoms with Gasteiger partial charge in [-0.25, -0.2) is 4.98 Å². The van der Waals surface area contributed by atoms with Crippen LogP contribution < -0.4 is 0 Å². The van der Waals surface area contributed by atoms with Gasteiger partial charge in [-0.3, -0.25) is 0 Å². The minimum Gasteiger partial charge on any atom is -0.335 e. The van der Waals surface area contributed by atoms with Crippen LogP contribution in [0.3, 0.4) is 0 Å². The Morgan fingerprint density at radius 2 is 1.18 bits per heavy atom. The molecule has 0 aliphatic rings. The zero-order valence-electron chi connectivity index (χ0n) is 26.1. The molecular weight excluding hydrogens is 484 g/mol. The molecule has 0 amide bonds. The lowest BCUT2D eigenvalue weighted by Crippen LogP contribution is -2.35. The molecule has 2 aromatic carbocycles. The highest BCUT2D eigenvalue weighted by molar-refractivity contribution is 5.33. The number of rotatable bonds is 22. The number of hydrogen-bond acceptors (Lipinski definition) is 1. The summed E-state index contributed by atoms with van der Waals surface area (Å²) in [5.41, 5.74) is 2.83. The van der Waals surface area contributed by atoms with E-state index in [0.717, 1.165) is 13.0 Å². The molecule has 2 unspecified atom stereocenters. The van der Waals surface area contributed by atoms with Crippen molar-refractivity contribution in [2.75, 3.05) is 0 Å². The molecule has 0 aliphatic carbocycles. The molecule has 0 fully saturated rings. The summed E-state index contributed by atoms with van der Waals surface area (Å²) in [5, 5.41) is 0. The van der Waals surface area contributed by atoms with Crippen LogP contribution in [0, 0.1) is 0 Å². The first-order valence-corrected chi connectivity index (χ1v) is 16.8. The van der Waals surface area contributed by atoms with E-state index in [1.807, 2.05) is 6.20 Å². The van der Waals surface area contributed by atoms with E-state index in [-0.39, 0.29) is 5.41 Å². The lowest BCUT2D eigenvalue weighted by atomic mass is 9.66. The van der Waals surface area contributed by atoms with Crippen LogP contribution in [-0.2, 0) is 18.4 Å². The van der Waals surface area contributed by atoms with Crippen LogP contribution in [0.1, 0.15) is 146 Å². The Morgan fingerprint density at radius 1 is 0.650 bits per heavy atom. The molecule has 0 N–H and O–H groups in total. The normalized spacial score (nSPS) is 13.8. The summed E-state index contributed by atoms with van der Waals surface area (Å²) >= 11 is 0. The molecule has 0 bridgehead atoms. The van der Waals surface area contributed by atoms with E-state index < -0.39 is 0 Å². The number of aryl methyl sites for hydroxylation is 1. The zero-order valence-corrected chi connectivity index (χ0v) is 26.1. The molecule has 1 aromatic heterocycles. The fourth-order valence-electron chi connectivity index (χ4n) is 6.51. The van der Waals surface area contributed by atoms with Gasteiger partial charge in [0, 0.05) is 30.3 Å². The van der Waals surface area contributed by atoms with Crippen LogP contribution in [0.4, 0.5) is 0 Å². The van der Waals surface area contributed by atoms with Gasteiger partial charge in [0.2, 0.25) is 0 Å². The van der Waals surface area contributed by atoms with E-state index in [1.165, 1.54) is 120 Å². The van der Waals surface area contributed by atoms with Gasteiger partial charge in [-0.05, 0) is 30.4 Å². The Bertz CT molecular complexity index is 1010. The quantitative estimate of drug-likeness (QED) is 0.115. The predicted octanol–water partition coefficient (Wildman–Crippen LogP) is 11.4. The van der Waals surface area contributed by atoms with Crippen LogP contribution in [0.2, 0.25) is 0 Å². The van der Waals surface area contributed by atoms with E-state index >= 15 is 0 Å². The van der Waals surface area contributed by atoms with E-state index in [1.54, 1.807) is 0 Å². The second-order valence-corrected chi connectivity index (χ2v) is 12.4. The first kappa shape index (κ1) is 32.2. The Hall–Kier alpha value is -2.35. The lowest BCUT2D eigenvalue weighted by molar-refractivity contribution is 0.321. The van der Waals surface area contributed by atoms with Crippen molar-refractivity contribution in [3.8, 4) is 0 Å². The smallest absolute Gasteiger partial charge is 0.112 e. The highest BCUT2D eigenvalue weighted by Gasteiger charge is 2.39. The van der Waals surface area contributed by atoms with Gasteiger partial charge < -0.3 is 4.57 Å². The SMILES string of the molecule is CCCCCCCCCCCCCCCC(c1nccn1CCCC)C(C)(Cc1ccccc1)c1ccccc1. The van der Waals surface area contributed by atoms with Gasteiger partial charge in [-0.15, -0.1) is 0 Å². The van der Waals surface area contributed by atoms with E-state index in [9.17, 15) is 0 Å². The number of hydrogen-bond donors (Lipinski definition) is 0. The van der Waals surface area contributed by atoms with E-state index in [4.69, 9.17) is 4.98 Å². The molecular formula is C38H58N2. The molecule has 3 rings (SSSR count). The zero-order chi connectivity index (χ0) is 28.3. The number of benzene rings is 2. The van der Waals surface area contributed by atoms with Crippen LogP contribution in [-0.4, -0.2) is 9.55 Å². The first-order chi connectivity index (χ1) is 19.7. The van der Waals surface area contributed by atoms with E-state index in [0.29, 0.717) is 5.92 Å². The largest absolute Gasteiger partial charge is 0.335 e. The number of nitrogens with zero attached hydrogens (tertiary/aromatic N) is 2.